The van der Waals surface area contributed by atoms with Gasteiger partial charge in [-0.2, -0.15) is 13.2 Å². The first-order chi connectivity index (χ1) is 13.3. The molecule has 3 rings (SSSR count). The topological polar surface area (TPSA) is 73.2 Å². The fraction of sp³-hybridized carbons (Fsp3) is 0.556. The Morgan fingerprint density at radius 1 is 1.39 bits per heavy atom. The number of alkyl halides is 3. The fourth-order valence-electron chi connectivity index (χ4n) is 2.86. The molecule has 0 aromatic carbocycles. The van der Waals surface area contributed by atoms with Gasteiger partial charge in [0.2, 0.25) is 5.88 Å². The van der Waals surface area contributed by atoms with E-state index in [2.05, 4.69) is 20.7 Å². The van der Waals surface area contributed by atoms with Crippen LogP contribution < -0.4 is 15.4 Å². The average molecular weight is 399 g/mol. The van der Waals surface area contributed by atoms with E-state index in [4.69, 9.17) is 9.47 Å². The first-order valence-electron chi connectivity index (χ1n) is 9.12. The van der Waals surface area contributed by atoms with Crippen LogP contribution in [0.1, 0.15) is 37.4 Å². The Hall–Kier alpha value is -2.33. The summed E-state index contributed by atoms with van der Waals surface area (Å²) in [5.74, 6) is -0.0433. The molecule has 1 fully saturated rings. The van der Waals surface area contributed by atoms with Gasteiger partial charge in [-0.3, -0.25) is 9.67 Å². The van der Waals surface area contributed by atoms with Gasteiger partial charge in [-0.25, -0.2) is 0 Å². The van der Waals surface area contributed by atoms with Crippen LogP contribution in [0, 0.1) is 0 Å². The molecular formula is C18H24F3N5O2. The maximum atomic E-state index is 12.4. The van der Waals surface area contributed by atoms with Crippen LogP contribution >= 0.6 is 0 Å². The lowest BCUT2D eigenvalue weighted by molar-refractivity contribution is -0.154. The Morgan fingerprint density at radius 3 is 2.82 bits per heavy atom. The van der Waals surface area contributed by atoms with E-state index < -0.39 is 12.8 Å². The summed E-state index contributed by atoms with van der Waals surface area (Å²) in [5, 5.41) is 10.6. The third-order valence-corrected chi connectivity index (χ3v) is 4.18. The molecule has 0 unspecified atom stereocenters. The number of hydrogen-bond acceptors (Lipinski definition) is 6. The molecule has 28 heavy (non-hydrogen) atoms. The van der Waals surface area contributed by atoms with Gasteiger partial charge >= 0.3 is 6.18 Å². The van der Waals surface area contributed by atoms with E-state index in [-0.39, 0.29) is 18.0 Å². The number of rotatable bonds is 7. The molecule has 0 radical (unpaired) electrons. The second-order valence-electron chi connectivity index (χ2n) is 6.80. The Bertz CT molecular complexity index is 756. The summed E-state index contributed by atoms with van der Waals surface area (Å²) in [6.07, 6.45) is -2.74. The van der Waals surface area contributed by atoms with Crippen molar-refractivity contribution in [3.63, 3.8) is 0 Å². The number of halogens is 3. The molecule has 0 spiro atoms. The van der Waals surface area contributed by atoms with Crippen LogP contribution in [-0.2, 0) is 11.3 Å². The Kier molecular flexibility index (Phi) is 6.40. The molecular weight excluding hydrogens is 375 g/mol. The molecule has 1 aliphatic rings. The van der Waals surface area contributed by atoms with Crippen LogP contribution in [0.2, 0.25) is 0 Å². The van der Waals surface area contributed by atoms with Crippen molar-refractivity contribution in [2.45, 2.75) is 38.7 Å². The number of morpholine rings is 1. The highest BCUT2D eigenvalue weighted by Gasteiger charge is 2.29. The number of anilines is 1. The third kappa shape index (κ3) is 5.59. The van der Waals surface area contributed by atoms with Gasteiger partial charge < -0.3 is 20.1 Å². The van der Waals surface area contributed by atoms with Gasteiger partial charge in [-0.15, -0.1) is 5.10 Å². The first kappa shape index (κ1) is 20.4. The van der Waals surface area contributed by atoms with Gasteiger partial charge in [0.05, 0.1) is 36.4 Å². The average Bonchev–Trinajstić information content (AvgIpc) is 3.09. The molecule has 1 saturated heterocycles. The zero-order valence-corrected chi connectivity index (χ0v) is 15.8. The predicted octanol–water partition coefficient (Wildman–Crippen LogP) is 3.07. The summed E-state index contributed by atoms with van der Waals surface area (Å²) in [4.78, 5) is 4.43. The summed E-state index contributed by atoms with van der Waals surface area (Å²) in [7, 11) is 0. The zero-order valence-electron chi connectivity index (χ0n) is 15.8. The van der Waals surface area contributed by atoms with Crippen molar-refractivity contribution in [1.82, 2.24) is 20.1 Å². The number of nitrogens with one attached hydrogen (secondary N) is 2. The van der Waals surface area contributed by atoms with E-state index in [0.29, 0.717) is 13.2 Å². The van der Waals surface area contributed by atoms with Gasteiger partial charge in [0.15, 0.2) is 6.61 Å². The van der Waals surface area contributed by atoms with E-state index in [9.17, 15) is 13.2 Å². The van der Waals surface area contributed by atoms with Crippen molar-refractivity contribution in [3.05, 3.63) is 35.8 Å². The number of nitrogens with zero attached hydrogens (tertiary/aromatic N) is 3. The zero-order chi connectivity index (χ0) is 20.1. The van der Waals surface area contributed by atoms with Crippen LogP contribution in [0.4, 0.5) is 18.9 Å². The van der Waals surface area contributed by atoms with E-state index in [0.717, 1.165) is 30.2 Å². The van der Waals surface area contributed by atoms with Crippen LogP contribution in [-0.4, -0.2) is 47.2 Å². The SMILES string of the molecule is CC(C)n1nc(OCC(F)(F)F)cc1CNc1ccc([C@@H]2CNCCO2)nc1. The summed E-state index contributed by atoms with van der Waals surface area (Å²) < 4.78 is 49.1. The lowest BCUT2D eigenvalue weighted by atomic mass is 10.2. The van der Waals surface area contributed by atoms with Crippen molar-refractivity contribution in [2.75, 3.05) is 31.6 Å². The largest absolute Gasteiger partial charge is 0.467 e. The molecule has 2 N–H and O–H groups in total. The lowest BCUT2D eigenvalue weighted by Crippen LogP contribution is -2.33. The van der Waals surface area contributed by atoms with Gasteiger partial charge in [-0.1, -0.05) is 0 Å². The minimum Gasteiger partial charge on any atom is -0.467 e. The van der Waals surface area contributed by atoms with Crippen LogP contribution in [0.5, 0.6) is 5.88 Å². The Balaban J connectivity index is 1.62. The molecule has 0 saturated carbocycles. The normalized spacial score (nSPS) is 17.7. The molecule has 1 aliphatic heterocycles. The van der Waals surface area contributed by atoms with E-state index in [1.165, 1.54) is 6.07 Å². The van der Waals surface area contributed by atoms with Crippen molar-refractivity contribution in [3.8, 4) is 5.88 Å². The highest BCUT2D eigenvalue weighted by Crippen LogP contribution is 2.22. The fourth-order valence-corrected chi connectivity index (χ4v) is 2.86. The molecule has 3 heterocycles. The van der Waals surface area contributed by atoms with Crippen LogP contribution in [0.15, 0.2) is 24.4 Å². The van der Waals surface area contributed by atoms with Gasteiger partial charge in [-0.05, 0) is 26.0 Å². The second kappa shape index (κ2) is 8.78. The number of hydrogen-bond donors (Lipinski definition) is 2. The first-order valence-corrected chi connectivity index (χ1v) is 9.12. The van der Waals surface area contributed by atoms with Crippen molar-refractivity contribution >= 4 is 5.69 Å². The molecule has 7 nitrogen and oxygen atoms in total. The molecule has 2 aromatic rings. The van der Waals surface area contributed by atoms with Gasteiger partial charge in [0, 0.05) is 25.2 Å². The third-order valence-electron chi connectivity index (χ3n) is 4.18. The molecule has 10 heteroatoms. The summed E-state index contributed by atoms with van der Waals surface area (Å²) in [5.41, 5.74) is 2.37. The number of pyridine rings is 1. The van der Waals surface area contributed by atoms with Crippen LogP contribution in [0.3, 0.4) is 0 Å². The Morgan fingerprint density at radius 2 is 2.21 bits per heavy atom. The molecule has 154 valence electrons. The van der Waals surface area contributed by atoms with Gasteiger partial charge in [0.25, 0.3) is 0 Å². The van der Waals surface area contributed by atoms with E-state index in [1.54, 1.807) is 10.9 Å². The van der Waals surface area contributed by atoms with Crippen molar-refractivity contribution in [1.29, 1.82) is 0 Å². The molecule has 2 aromatic heterocycles. The standard InChI is InChI=1S/C18H24F3N5O2/c1-12(2)26-14(7-17(25-26)28-11-18(19,20)21)9-23-13-3-4-15(24-8-13)16-10-22-5-6-27-16/h3-4,7-8,12,16,22-23H,5-6,9-11H2,1-2H3/t16-/m0/s1. The molecule has 0 aliphatic carbocycles. The quantitative estimate of drug-likeness (QED) is 0.746. The monoisotopic (exact) mass is 399 g/mol. The second-order valence-corrected chi connectivity index (χ2v) is 6.80. The minimum absolute atomic E-state index is 0.0171. The smallest absolute Gasteiger partial charge is 0.422 e. The molecule has 1 atom stereocenters. The van der Waals surface area contributed by atoms with Crippen molar-refractivity contribution < 1.29 is 22.6 Å². The summed E-state index contributed by atoms with van der Waals surface area (Å²) in [6.45, 7) is 5.05. The van der Waals surface area contributed by atoms with E-state index in [1.807, 2.05) is 26.0 Å². The van der Waals surface area contributed by atoms with E-state index >= 15 is 0 Å². The highest BCUT2D eigenvalue weighted by atomic mass is 19.4. The number of aromatic nitrogens is 3. The van der Waals surface area contributed by atoms with Crippen LogP contribution in [0.25, 0.3) is 0 Å². The maximum absolute atomic E-state index is 12.4. The van der Waals surface area contributed by atoms with Crippen molar-refractivity contribution in [2.24, 2.45) is 0 Å². The summed E-state index contributed by atoms with van der Waals surface area (Å²) in [6, 6.07) is 5.30. The van der Waals surface area contributed by atoms with Gasteiger partial charge in [0.1, 0.15) is 6.10 Å². The molecule has 0 amide bonds. The lowest BCUT2D eigenvalue weighted by Gasteiger charge is -2.23. The molecule has 0 bridgehead atoms. The minimum atomic E-state index is -4.40. The predicted molar refractivity (Wildman–Crippen MR) is 97.3 cm³/mol. The Labute approximate surface area is 161 Å². The number of ether oxygens (including phenoxy) is 2. The maximum Gasteiger partial charge on any atom is 0.422 e. The highest BCUT2D eigenvalue weighted by molar-refractivity contribution is 5.42. The summed E-state index contributed by atoms with van der Waals surface area (Å²) >= 11 is 0.